The average Bonchev–Trinajstić information content (AvgIpc) is 2.52. The lowest BCUT2D eigenvalue weighted by Gasteiger charge is -2.07. The van der Waals surface area contributed by atoms with E-state index in [2.05, 4.69) is 21.8 Å². The number of hydrogen-bond acceptors (Lipinski definition) is 5. The van der Waals surface area contributed by atoms with Crippen LogP contribution in [-0.2, 0) is 5.75 Å². The maximum atomic E-state index is 5.42. The zero-order chi connectivity index (χ0) is 14.2. The molecule has 2 aromatic rings. The van der Waals surface area contributed by atoms with Crippen LogP contribution >= 0.6 is 11.8 Å². The lowest BCUT2D eigenvalue weighted by Crippen LogP contribution is -1.95. The molecule has 2 N–H and O–H groups in total. The summed E-state index contributed by atoms with van der Waals surface area (Å²) < 4.78 is 5.25. The molecule has 0 amide bonds. The Morgan fingerprint density at radius 1 is 1.30 bits per heavy atom. The highest BCUT2D eigenvalue weighted by molar-refractivity contribution is 7.98. The Bertz CT molecular complexity index is 620. The van der Waals surface area contributed by atoms with Gasteiger partial charge in [0.05, 0.1) is 13.7 Å². The van der Waals surface area contributed by atoms with E-state index in [4.69, 9.17) is 10.5 Å². The first kappa shape index (κ1) is 14.4. The van der Waals surface area contributed by atoms with Crippen LogP contribution in [0.25, 0.3) is 0 Å². The zero-order valence-electron chi connectivity index (χ0n) is 11.2. The van der Waals surface area contributed by atoms with Gasteiger partial charge in [0.1, 0.15) is 5.75 Å². The molecule has 0 spiro atoms. The van der Waals surface area contributed by atoms with Crippen LogP contribution in [-0.4, -0.2) is 23.6 Å². The van der Waals surface area contributed by atoms with Gasteiger partial charge < -0.3 is 10.5 Å². The predicted octanol–water partition coefficient (Wildman–Crippen LogP) is 2.09. The number of methoxy groups -OCH3 is 1. The van der Waals surface area contributed by atoms with Crippen LogP contribution < -0.4 is 10.5 Å². The molecule has 0 atom stereocenters. The smallest absolute Gasteiger partial charge is 0.187 e. The Morgan fingerprint density at radius 2 is 2.10 bits per heavy atom. The van der Waals surface area contributed by atoms with E-state index in [1.165, 1.54) is 0 Å². The van der Waals surface area contributed by atoms with E-state index in [-0.39, 0.29) is 0 Å². The molecule has 1 heterocycles. The van der Waals surface area contributed by atoms with Crippen molar-refractivity contribution < 1.29 is 4.74 Å². The van der Waals surface area contributed by atoms with Crippen LogP contribution in [0.5, 0.6) is 5.75 Å². The topological polar surface area (TPSA) is 61.0 Å². The van der Waals surface area contributed by atoms with Gasteiger partial charge in [-0.05, 0) is 29.8 Å². The standard InChI is InChI=1S/C15H15N3OS/c1-19-14-6-5-12(4-2-7-16)13(10-14)11-20-15-17-8-3-9-18-15/h3,5-6,8-10H,7,11,16H2,1H3. The molecular weight excluding hydrogens is 270 g/mol. The second-order valence-corrected chi connectivity index (χ2v) is 4.79. The fourth-order valence-corrected chi connectivity index (χ4v) is 2.38. The monoisotopic (exact) mass is 285 g/mol. The van der Waals surface area contributed by atoms with E-state index in [1.54, 1.807) is 37.3 Å². The summed E-state index contributed by atoms with van der Waals surface area (Å²) in [6.45, 7) is 0.348. The predicted molar refractivity (Wildman–Crippen MR) is 80.5 cm³/mol. The van der Waals surface area contributed by atoms with Crippen molar-refractivity contribution in [3.8, 4) is 17.6 Å². The molecule has 0 aliphatic heterocycles. The third kappa shape index (κ3) is 3.98. The first-order valence-electron chi connectivity index (χ1n) is 6.09. The fraction of sp³-hybridized carbons (Fsp3) is 0.200. The van der Waals surface area contributed by atoms with Crippen molar-refractivity contribution in [1.82, 2.24) is 9.97 Å². The second kappa shape index (κ2) is 7.53. The highest BCUT2D eigenvalue weighted by Gasteiger charge is 2.05. The number of aromatic nitrogens is 2. The number of nitrogens with zero attached hydrogens (tertiary/aromatic N) is 2. The molecule has 2 rings (SSSR count). The number of thioether (sulfide) groups is 1. The molecule has 0 bridgehead atoms. The van der Waals surface area contributed by atoms with Crippen molar-refractivity contribution >= 4 is 11.8 Å². The maximum absolute atomic E-state index is 5.42. The van der Waals surface area contributed by atoms with Gasteiger partial charge in [-0.3, -0.25) is 0 Å². The molecular formula is C15H15N3OS. The summed E-state index contributed by atoms with van der Waals surface area (Å²) in [5, 5.41) is 0.744. The van der Waals surface area contributed by atoms with E-state index >= 15 is 0 Å². The van der Waals surface area contributed by atoms with Gasteiger partial charge in [0.2, 0.25) is 0 Å². The Kier molecular flexibility index (Phi) is 5.42. The van der Waals surface area contributed by atoms with E-state index in [1.807, 2.05) is 18.2 Å². The first-order valence-corrected chi connectivity index (χ1v) is 7.07. The summed E-state index contributed by atoms with van der Waals surface area (Å²) in [4.78, 5) is 8.39. The Hall–Kier alpha value is -2.03. The number of ether oxygens (including phenoxy) is 1. The van der Waals surface area contributed by atoms with E-state index in [0.717, 1.165) is 27.8 Å². The Morgan fingerprint density at radius 3 is 2.80 bits per heavy atom. The van der Waals surface area contributed by atoms with Crippen molar-refractivity contribution in [2.75, 3.05) is 13.7 Å². The molecule has 0 aliphatic carbocycles. The van der Waals surface area contributed by atoms with Crippen LogP contribution in [0.1, 0.15) is 11.1 Å². The highest BCUT2D eigenvalue weighted by Crippen LogP contribution is 2.24. The number of rotatable bonds is 4. The minimum Gasteiger partial charge on any atom is -0.497 e. The lowest BCUT2D eigenvalue weighted by atomic mass is 10.1. The molecule has 5 heteroatoms. The summed E-state index contributed by atoms with van der Waals surface area (Å²) in [5.74, 6) is 7.50. The minimum absolute atomic E-state index is 0.348. The van der Waals surface area contributed by atoms with Crippen molar-refractivity contribution in [1.29, 1.82) is 0 Å². The van der Waals surface area contributed by atoms with Crippen LogP contribution in [0, 0.1) is 11.8 Å². The Balaban J connectivity index is 2.19. The molecule has 0 radical (unpaired) electrons. The molecule has 0 unspecified atom stereocenters. The van der Waals surface area contributed by atoms with Crippen LogP contribution in [0.2, 0.25) is 0 Å². The molecule has 1 aromatic carbocycles. The van der Waals surface area contributed by atoms with Gasteiger partial charge in [-0.25, -0.2) is 9.97 Å². The lowest BCUT2D eigenvalue weighted by molar-refractivity contribution is 0.414. The normalized spacial score (nSPS) is 9.70. The average molecular weight is 285 g/mol. The van der Waals surface area contributed by atoms with Gasteiger partial charge >= 0.3 is 0 Å². The first-order chi connectivity index (χ1) is 9.83. The van der Waals surface area contributed by atoms with Crippen molar-refractivity contribution in [2.24, 2.45) is 5.73 Å². The molecule has 20 heavy (non-hydrogen) atoms. The number of benzene rings is 1. The van der Waals surface area contributed by atoms with Crippen LogP contribution in [0.15, 0.2) is 41.8 Å². The quantitative estimate of drug-likeness (QED) is 0.529. The molecule has 0 aliphatic rings. The van der Waals surface area contributed by atoms with Gasteiger partial charge in [0.15, 0.2) is 5.16 Å². The highest BCUT2D eigenvalue weighted by atomic mass is 32.2. The summed E-state index contributed by atoms with van der Waals surface area (Å²) in [6, 6.07) is 7.63. The van der Waals surface area contributed by atoms with Crippen molar-refractivity contribution in [3.05, 3.63) is 47.8 Å². The van der Waals surface area contributed by atoms with Crippen molar-refractivity contribution in [3.63, 3.8) is 0 Å². The summed E-state index contributed by atoms with van der Waals surface area (Å²) in [6.07, 6.45) is 3.46. The molecule has 102 valence electrons. The summed E-state index contributed by atoms with van der Waals surface area (Å²) in [5.41, 5.74) is 7.47. The van der Waals surface area contributed by atoms with Gasteiger partial charge in [-0.15, -0.1) is 0 Å². The molecule has 0 fully saturated rings. The third-order valence-corrected chi connectivity index (χ3v) is 3.46. The van der Waals surface area contributed by atoms with E-state index < -0.39 is 0 Å². The molecule has 0 saturated carbocycles. The van der Waals surface area contributed by atoms with E-state index in [0.29, 0.717) is 6.54 Å². The van der Waals surface area contributed by atoms with Crippen LogP contribution in [0.4, 0.5) is 0 Å². The number of nitrogens with two attached hydrogens (primary N) is 1. The zero-order valence-corrected chi connectivity index (χ0v) is 12.0. The van der Waals surface area contributed by atoms with Gasteiger partial charge in [-0.2, -0.15) is 0 Å². The SMILES string of the molecule is COc1ccc(C#CCN)c(CSc2ncccn2)c1. The van der Waals surface area contributed by atoms with Crippen molar-refractivity contribution in [2.45, 2.75) is 10.9 Å². The maximum Gasteiger partial charge on any atom is 0.187 e. The second-order valence-electron chi connectivity index (χ2n) is 3.85. The van der Waals surface area contributed by atoms with Crippen LogP contribution in [0.3, 0.4) is 0 Å². The summed E-state index contributed by atoms with van der Waals surface area (Å²) in [7, 11) is 1.65. The fourth-order valence-electron chi connectivity index (χ4n) is 1.59. The summed E-state index contributed by atoms with van der Waals surface area (Å²) >= 11 is 1.56. The third-order valence-electron chi connectivity index (χ3n) is 2.54. The van der Waals surface area contributed by atoms with Gasteiger partial charge in [0.25, 0.3) is 0 Å². The molecule has 1 aromatic heterocycles. The minimum atomic E-state index is 0.348. The van der Waals surface area contributed by atoms with E-state index in [9.17, 15) is 0 Å². The van der Waals surface area contributed by atoms with Gasteiger partial charge in [0, 0.05) is 23.7 Å². The van der Waals surface area contributed by atoms with Gasteiger partial charge in [-0.1, -0.05) is 23.6 Å². The largest absolute Gasteiger partial charge is 0.497 e. The molecule has 4 nitrogen and oxygen atoms in total. The molecule has 0 saturated heterocycles. The number of hydrogen-bond donors (Lipinski definition) is 1. The Labute approximate surface area is 122 Å².